The first-order chi connectivity index (χ1) is 17.3. The number of nitrogens with one attached hydrogen (secondary N) is 1. The smallest absolute Gasteiger partial charge is 0.311 e. The topological polar surface area (TPSA) is 111 Å². The van der Waals surface area contributed by atoms with Gasteiger partial charge in [0.25, 0.3) is 5.91 Å². The lowest BCUT2D eigenvalue weighted by Crippen LogP contribution is -2.51. The highest BCUT2D eigenvalue weighted by molar-refractivity contribution is 5.88. The molecule has 0 spiro atoms. The van der Waals surface area contributed by atoms with Crippen molar-refractivity contribution in [1.82, 2.24) is 10.2 Å². The van der Waals surface area contributed by atoms with Crippen LogP contribution in [0.4, 0.5) is 5.69 Å². The van der Waals surface area contributed by atoms with Gasteiger partial charge >= 0.3 is 5.69 Å². The van der Waals surface area contributed by atoms with E-state index >= 15 is 0 Å². The summed E-state index contributed by atoms with van der Waals surface area (Å²) in [7, 11) is 2.85. The van der Waals surface area contributed by atoms with Gasteiger partial charge in [-0.05, 0) is 24.1 Å². The van der Waals surface area contributed by atoms with Gasteiger partial charge < -0.3 is 19.7 Å². The zero-order valence-electron chi connectivity index (χ0n) is 20.5. The van der Waals surface area contributed by atoms with E-state index in [-0.39, 0.29) is 36.2 Å². The fraction of sp³-hybridized carbons (Fsp3) is 0.259. The van der Waals surface area contributed by atoms with Gasteiger partial charge in [0.05, 0.1) is 12.0 Å². The van der Waals surface area contributed by atoms with E-state index in [0.29, 0.717) is 6.42 Å². The van der Waals surface area contributed by atoms with Crippen LogP contribution in [0, 0.1) is 17.0 Å². The van der Waals surface area contributed by atoms with E-state index < -0.39 is 16.9 Å². The summed E-state index contributed by atoms with van der Waals surface area (Å²) in [5, 5.41) is 13.8. The molecular weight excluding hydrogens is 462 g/mol. The Morgan fingerprint density at radius 2 is 1.72 bits per heavy atom. The normalized spacial score (nSPS) is 11.3. The molecule has 188 valence electrons. The molecule has 0 saturated carbocycles. The zero-order valence-corrected chi connectivity index (χ0v) is 20.5. The average molecular weight is 492 g/mol. The Balaban J connectivity index is 1.87. The number of aryl methyl sites for hydroxylation is 1. The monoisotopic (exact) mass is 491 g/mol. The first-order valence-electron chi connectivity index (χ1n) is 11.4. The molecule has 2 amide bonds. The molecule has 0 aromatic heterocycles. The number of carbonyl (C=O) groups is 2. The quantitative estimate of drug-likeness (QED) is 0.324. The van der Waals surface area contributed by atoms with Crippen LogP contribution in [0.25, 0.3) is 0 Å². The first kappa shape index (κ1) is 26.2. The predicted molar refractivity (Wildman–Crippen MR) is 135 cm³/mol. The summed E-state index contributed by atoms with van der Waals surface area (Å²) in [5.74, 6) is -0.442. The molecule has 9 heteroatoms. The Labute approximate surface area is 209 Å². The van der Waals surface area contributed by atoms with E-state index in [1.807, 2.05) is 61.5 Å². The number of benzene rings is 3. The van der Waals surface area contributed by atoms with Crippen LogP contribution in [0.1, 0.15) is 16.7 Å². The van der Waals surface area contributed by atoms with Gasteiger partial charge in [-0.3, -0.25) is 19.7 Å². The molecule has 0 aliphatic rings. The zero-order chi connectivity index (χ0) is 26.1. The van der Waals surface area contributed by atoms with Crippen molar-refractivity contribution in [1.29, 1.82) is 0 Å². The Kier molecular flexibility index (Phi) is 8.99. The van der Waals surface area contributed by atoms with E-state index in [2.05, 4.69) is 5.32 Å². The third kappa shape index (κ3) is 6.82. The summed E-state index contributed by atoms with van der Waals surface area (Å²) in [6.07, 6.45) is 0.323. The number of nitro benzene ring substituents is 1. The number of likely N-dealkylation sites (N-methyl/N-ethyl adjacent to an activating group) is 1. The summed E-state index contributed by atoms with van der Waals surface area (Å²) >= 11 is 0. The lowest BCUT2D eigenvalue weighted by atomic mass is 10.0. The Morgan fingerprint density at radius 3 is 2.33 bits per heavy atom. The number of rotatable bonds is 11. The number of hydrogen-bond donors (Lipinski definition) is 1. The standard InChI is InChI=1S/C27H29N3O6/c1-19-9-11-21(12-10-19)17-29(24(27(32)28-2)15-20-7-5-4-6-8-20)26(31)18-36-22-13-14-23(30(33)34)25(16-22)35-3/h4-14,16,24H,15,17-18H2,1-3H3,(H,28,32)/t24-/m1/s1. The maximum Gasteiger partial charge on any atom is 0.311 e. The fourth-order valence-electron chi connectivity index (χ4n) is 3.74. The average Bonchev–Trinajstić information content (AvgIpc) is 2.90. The molecule has 0 aliphatic heterocycles. The summed E-state index contributed by atoms with van der Waals surface area (Å²) in [6, 6.07) is 20.4. The second-order valence-electron chi connectivity index (χ2n) is 8.21. The second kappa shape index (κ2) is 12.3. The summed E-state index contributed by atoms with van der Waals surface area (Å²) in [4.78, 5) is 38.5. The summed E-state index contributed by atoms with van der Waals surface area (Å²) in [6.45, 7) is 1.81. The molecule has 3 aromatic rings. The number of amides is 2. The second-order valence-corrected chi connectivity index (χ2v) is 8.21. The molecule has 0 unspecified atom stereocenters. The molecule has 9 nitrogen and oxygen atoms in total. The Morgan fingerprint density at radius 1 is 1.03 bits per heavy atom. The van der Waals surface area contributed by atoms with Gasteiger partial charge in [-0.1, -0.05) is 60.2 Å². The van der Waals surface area contributed by atoms with Crippen LogP contribution in [0.2, 0.25) is 0 Å². The molecule has 0 bridgehead atoms. The molecule has 0 fully saturated rings. The molecule has 0 heterocycles. The van der Waals surface area contributed by atoms with E-state index in [1.165, 1.54) is 37.3 Å². The molecule has 3 rings (SSSR count). The van der Waals surface area contributed by atoms with Crippen LogP contribution in [0.15, 0.2) is 72.8 Å². The minimum absolute atomic E-state index is 0.0220. The molecule has 0 saturated heterocycles. The van der Waals surface area contributed by atoms with Gasteiger partial charge in [0.2, 0.25) is 11.7 Å². The SMILES string of the molecule is CNC(=O)[C@@H](Cc1ccccc1)N(Cc1ccc(C)cc1)C(=O)COc1ccc([N+](=O)[O-])c(OC)c1. The third-order valence-corrected chi connectivity index (χ3v) is 5.70. The minimum Gasteiger partial charge on any atom is -0.490 e. The van der Waals surface area contributed by atoms with Gasteiger partial charge in [0.15, 0.2) is 6.61 Å². The number of ether oxygens (including phenoxy) is 2. The molecule has 0 aliphatic carbocycles. The van der Waals surface area contributed by atoms with Crippen molar-refractivity contribution in [2.45, 2.75) is 25.9 Å². The number of hydrogen-bond acceptors (Lipinski definition) is 6. The summed E-state index contributed by atoms with van der Waals surface area (Å²) in [5.41, 5.74) is 2.65. The summed E-state index contributed by atoms with van der Waals surface area (Å²) < 4.78 is 10.7. The van der Waals surface area contributed by atoms with Crippen LogP contribution in [0.5, 0.6) is 11.5 Å². The highest BCUT2D eigenvalue weighted by Crippen LogP contribution is 2.30. The molecule has 0 radical (unpaired) electrons. The van der Waals surface area contributed by atoms with Crippen LogP contribution >= 0.6 is 0 Å². The first-order valence-corrected chi connectivity index (χ1v) is 11.4. The number of carbonyl (C=O) groups excluding carboxylic acids is 2. The largest absolute Gasteiger partial charge is 0.490 e. The van der Waals surface area contributed by atoms with Crippen molar-refractivity contribution >= 4 is 17.5 Å². The van der Waals surface area contributed by atoms with Gasteiger partial charge in [0.1, 0.15) is 11.8 Å². The van der Waals surface area contributed by atoms with Crippen molar-refractivity contribution in [2.75, 3.05) is 20.8 Å². The molecule has 36 heavy (non-hydrogen) atoms. The van der Waals surface area contributed by atoms with Crippen molar-refractivity contribution in [2.24, 2.45) is 0 Å². The van der Waals surface area contributed by atoms with Gasteiger partial charge in [0, 0.05) is 32.1 Å². The molecular formula is C27H29N3O6. The van der Waals surface area contributed by atoms with Gasteiger partial charge in [-0.15, -0.1) is 0 Å². The van der Waals surface area contributed by atoms with E-state index in [4.69, 9.17) is 9.47 Å². The van der Waals surface area contributed by atoms with Crippen molar-refractivity contribution in [3.8, 4) is 11.5 Å². The lowest BCUT2D eigenvalue weighted by Gasteiger charge is -2.31. The number of nitrogens with zero attached hydrogens (tertiary/aromatic N) is 2. The minimum atomic E-state index is -0.777. The van der Waals surface area contributed by atoms with Crippen molar-refractivity contribution in [3.63, 3.8) is 0 Å². The lowest BCUT2D eigenvalue weighted by molar-refractivity contribution is -0.385. The fourth-order valence-corrected chi connectivity index (χ4v) is 3.74. The van der Waals surface area contributed by atoms with E-state index in [1.54, 1.807) is 0 Å². The van der Waals surface area contributed by atoms with Gasteiger partial charge in [-0.25, -0.2) is 0 Å². The molecule has 1 N–H and O–H groups in total. The predicted octanol–water partition coefficient (Wildman–Crippen LogP) is 3.68. The van der Waals surface area contributed by atoms with Crippen molar-refractivity contribution < 1.29 is 24.0 Å². The van der Waals surface area contributed by atoms with Crippen molar-refractivity contribution in [3.05, 3.63) is 99.6 Å². The number of nitro groups is 1. The highest BCUT2D eigenvalue weighted by Gasteiger charge is 2.30. The van der Waals surface area contributed by atoms with Gasteiger partial charge in [-0.2, -0.15) is 0 Å². The molecule has 1 atom stereocenters. The maximum absolute atomic E-state index is 13.5. The van der Waals surface area contributed by atoms with Crippen LogP contribution in [0.3, 0.4) is 0 Å². The Hall–Kier alpha value is -4.40. The van der Waals surface area contributed by atoms with E-state index in [0.717, 1.165) is 16.7 Å². The van der Waals surface area contributed by atoms with Crippen LogP contribution in [-0.4, -0.2) is 48.4 Å². The van der Waals surface area contributed by atoms with E-state index in [9.17, 15) is 19.7 Å². The third-order valence-electron chi connectivity index (χ3n) is 5.70. The van der Waals surface area contributed by atoms with Crippen LogP contribution in [-0.2, 0) is 22.6 Å². The number of methoxy groups -OCH3 is 1. The highest BCUT2D eigenvalue weighted by atomic mass is 16.6. The maximum atomic E-state index is 13.5. The van der Waals surface area contributed by atoms with Crippen LogP contribution < -0.4 is 14.8 Å². The molecule has 3 aromatic carbocycles. The Bertz CT molecular complexity index is 1200.